The standard InChI is InChI=1S/C39H45BN2O3/c1-36(2,3)26-23-28(34(43)29(24-26)37(4,5)6)35-41-33-30(40-44-38(7,8)39(9,10)45-40)20-16-22-32(33)42(35)31-21-15-14-19-27(31)25-17-12-11-13-18-25/h11-24,43H,1-10H3. The Labute approximate surface area is 268 Å². The lowest BCUT2D eigenvalue weighted by molar-refractivity contribution is 0.00578. The number of benzene rings is 4. The molecule has 0 atom stereocenters. The average molecular weight is 601 g/mol. The van der Waals surface area contributed by atoms with Crippen molar-refractivity contribution in [3.8, 4) is 34.0 Å². The third-order valence-corrected chi connectivity index (χ3v) is 9.48. The van der Waals surface area contributed by atoms with Gasteiger partial charge in [-0.1, -0.05) is 108 Å². The molecule has 5 aromatic rings. The molecule has 6 heteroatoms. The number of fused-ring (bicyclic) bond motifs is 1. The lowest BCUT2D eigenvalue weighted by Crippen LogP contribution is -2.41. The van der Waals surface area contributed by atoms with E-state index in [0.717, 1.165) is 44.4 Å². The van der Waals surface area contributed by atoms with Gasteiger partial charge >= 0.3 is 7.12 Å². The third kappa shape index (κ3) is 5.38. The van der Waals surface area contributed by atoms with Gasteiger partial charge < -0.3 is 14.4 Å². The largest absolute Gasteiger partial charge is 0.507 e. The maximum atomic E-state index is 12.1. The van der Waals surface area contributed by atoms with Gasteiger partial charge in [0.15, 0.2) is 0 Å². The molecule has 0 aliphatic carbocycles. The molecule has 0 amide bonds. The van der Waals surface area contributed by atoms with Crippen molar-refractivity contribution in [3.05, 3.63) is 96.1 Å². The van der Waals surface area contributed by atoms with Crippen molar-refractivity contribution in [2.75, 3.05) is 0 Å². The SMILES string of the molecule is CC(C)(C)c1cc(-c2nc3c(B4OC(C)(C)C(C)(C)O4)cccc3n2-c2ccccc2-c2ccccc2)c(O)c(C(C)(C)C)c1. The molecule has 232 valence electrons. The Morgan fingerprint density at radius 3 is 1.96 bits per heavy atom. The number of aromatic hydroxyl groups is 1. The predicted molar refractivity (Wildman–Crippen MR) is 187 cm³/mol. The minimum absolute atomic E-state index is 0.144. The molecule has 6 rings (SSSR count). The predicted octanol–water partition coefficient (Wildman–Crippen LogP) is 8.96. The molecule has 0 bridgehead atoms. The number of phenols is 1. The molecule has 0 spiro atoms. The summed E-state index contributed by atoms with van der Waals surface area (Å²) in [6.45, 7) is 21.3. The van der Waals surface area contributed by atoms with E-state index in [0.29, 0.717) is 11.4 Å². The lowest BCUT2D eigenvalue weighted by Gasteiger charge is -2.32. The summed E-state index contributed by atoms with van der Waals surface area (Å²) in [6.07, 6.45) is 0. The first-order valence-electron chi connectivity index (χ1n) is 15.9. The Bertz CT molecular complexity index is 1880. The highest BCUT2D eigenvalue weighted by Gasteiger charge is 2.52. The number of nitrogens with zero attached hydrogens (tertiary/aromatic N) is 2. The Morgan fingerprint density at radius 2 is 1.33 bits per heavy atom. The molecular weight excluding hydrogens is 555 g/mol. The normalized spacial score (nSPS) is 16.4. The smallest absolute Gasteiger partial charge is 0.497 e. The lowest BCUT2D eigenvalue weighted by atomic mass is 9.78. The van der Waals surface area contributed by atoms with Crippen LogP contribution in [0.1, 0.15) is 80.4 Å². The first-order valence-corrected chi connectivity index (χ1v) is 15.9. The van der Waals surface area contributed by atoms with Gasteiger partial charge in [-0.25, -0.2) is 4.98 Å². The van der Waals surface area contributed by atoms with Gasteiger partial charge in [-0.2, -0.15) is 0 Å². The van der Waals surface area contributed by atoms with Gasteiger partial charge in [0, 0.05) is 16.6 Å². The summed E-state index contributed by atoms with van der Waals surface area (Å²) < 4.78 is 15.3. The zero-order valence-electron chi connectivity index (χ0n) is 28.3. The number of imidazole rings is 1. The van der Waals surface area contributed by atoms with Crippen molar-refractivity contribution < 1.29 is 14.4 Å². The molecule has 5 nitrogen and oxygen atoms in total. The zero-order chi connectivity index (χ0) is 32.5. The molecule has 45 heavy (non-hydrogen) atoms. The van der Waals surface area contributed by atoms with Crippen LogP contribution >= 0.6 is 0 Å². The molecule has 2 heterocycles. The van der Waals surface area contributed by atoms with Crippen molar-refractivity contribution in [1.82, 2.24) is 9.55 Å². The summed E-state index contributed by atoms with van der Waals surface area (Å²) in [7, 11) is -0.584. The van der Waals surface area contributed by atoms with Gasteiger partial charge in [-0.05, 0) is 67.9 Å². The third-order valence-electron chi connectivity index (χ3n) is 9.48. The summed E-state index contributed by atoms with van der Waals surface area (Å²) in [4.78, 5) is 5.38. The van der Waals surface area contributed by atoms with Gasteiger partial charge in [0.1, 0.15) is 11.6 Å². The molecule has 1 saturated heterocycles. The average Bonchev–Trinajstić information content (AvgIpc) is 3.45. The van der Waals surface area contributed by atoms with Crippen molar-refractivity contribution >= 4 is 23.6 Å². The van der Waals surface area contributed by atoms with E-state index in [1.165, 1.54) is 0 Å². The maximum Gasteiger partial charge on any atom is 0.497 e. The van der Waals surface area contributed by atoms with E-state index in [9.17, 15) is 5.11 Å². The number of hydrogen-bond donors (Lipinski definition) is 1. The summed E-state index contributed by atoms with van der Waals surface area (Å²) in [6, 6.07) is 29.2. The molecule has 1 aromatic heterocycles. The van der Waals surface area contributed by atoms with Gasteiger partial charge in [0.25, 0.3) is 0 Å². The fourth-order valence-electron chi connectivity index (χ4n) is 6.05. The number of rotatable bonds is 4. The van der Waals surface area contributed by atoms with Gasteiger partial charge in [-0.3, -0.25) is 4.57 Å². The van der Waals surface area contributed by atoms with Crippen molar-refractivity contribution in [1.29, 1.82) is 0 Å². The minimum atomic E-state index is -0.584. The van der Waals surface area contributed by atoms with Crippen LogP contribution in [0.4, 0.5) is 0 Å². The monoisotopic (exact) mass is 600 g/mol. The Hall–Kier alpha value is -3.87. The fourth-order valence-corrected chi connectivity index (χ4v) is 6.05. The van der Waals surface area contributed by atoms with E-state index in [-0.39, 0.29) is 16.6 Å². The van der Waals surface area contributed by atoms with Crippen LogP contribution in [-0.2, 0) is 20.1 Å². The summed E-state index contributed by atoms with van der Waals surface area (Å²) >= 11 is 0. The van der Waals surface area contributed by atoms with Gasteiger partial charge in [-0.15, -0.1) is 0 Å². The molecule has 1 fully saturated rings. The highest BCUT2D eigenvalue weighted by molar-refractivity contribution is 6.65. The molecule has 0 unspecified atom stereocenters. The van der Waals surface area contributed by atoms with Crippen molar-refractivity contribution in [3.63, 3.8) is 0 Å². The maximum absolute atomic E-state index is 12.1. The molecule has 1 aliphatic rings. The first-order chi connectivity index (χ1) is 21.0. The summed E-state index contributed by atoms with van der Waals surface area (Å²) in [5.74, 6) is 0.924. The van der Waals surface area contributed by atoms with Crippen LogP contribution < -0.4 is 5.46 Å². The van der Waals surface area contributed by atoms with Crippen LogP contribution in [0.15, 0.2) is 84.9 Å². The van der Waals surface area contributed by atoms with Crippen LogP contribution in [0.25, 0.3) is 39.2 Å². The number of aromatic nitrogens is 2. The molecule has 1 aliphatic heterocycles. The van der Waals surface area contributed by atoms with Crippen LogP contribution in [0.2, 0.25) is 0 Å². The van der Waals surface area contributed by atoms with E-state index in [2.05, 4.69) is 141 Å². The van der Waals surface area contributed by atoms with Crippen LogP contribution in [-0.4, -0.2) is 33.0 Å². The second-order valence-corrected chi connectivity index (χ2v) is 15.4. The Morgan fingerprint density at radius 1 is 0.711 bits per heavy atom. The Balaban J connectivity index is 1.72. The molecule has 4 aromatic carbocycles. The molecule has 0 radical (unpaired) electrons. The van der Waals surface area contributed by atoms with E-state index in [4.69, 9.17) is 14.3 Å². The van der Waals surface area contributed by atoms with E-state index in [1.54, 1.807) is 0 Å². The topological polar surface area (TPSA) is 56.5 Å². The van der Waals surface area contributed by atoms with E-state index < -0.39 is 18.3 Å². The van der Waals surface area contributed by atoms with Crippen molar-refractivity contribution in [2.24, 2.45) is 0 Å². The van der Waals surface area contributed by atoms with Crippen LogP contribution in [0, 0.1) is 0 Å². The van der Waals surface area contributed by atoms with Crippen molar-refractivity contribution in [2.45, 2.75) is 91.3 Å². The highest BCUT2D eigenvalue weighted by atomic mass is 16.7. The first kappa shape index (κ1) is 31.1. The second kappa shape index (κ2) is 10.6. The fraction of sp³-hybridized carbons (Fsp3) is 0.359. The minimum Gasteiger partial charge on any atom is -0.507 e. The number of hydrogen-bond acceptors (Lipinski definition) is 4. The zero-order valence-corrected chi connectivity index (χ0v) is 28.3. The summed E-state index contributed by atoms with van der Waals surface area (Å²) in [5.41, 5.74) is 7.04. The second-order valence-electron chi connectivity index (χ2n) is 15.4. The summed E-state index contributed by atoms with van der Waals surface area (Å²) in [5, 5.41) is 12.1. The molecular formula is C39H45BN2O3. The van der Waals surface area contributed by atoms with Crippen LogP contribution in [0.5, 0.6) is 5.75 Å². The van der Waals surface area contributed by atoms with Gasteiger partial charge in [0.05, 0.1) is 33.5 Å². The van der Waals surface area contributed by atoms with Crippen LogP contribution in [0.3, 0.4) is 0 Å². The number of para-hydroxylation sites is 2. The quantitative estimate of drug-likeness (QED) is 0.209. The Kier molecular flexibility index (Phi) is 7.34. The van der Waals surface area contributed by atoms with Gasteiger partial charge in [0.2, 0.25) is 0 Å². The highest BCUT2D eigenvalue weighted by Crippen LogP contribution is 2.44. The number of phenolic OH excluding ortho intramolecular Hbond substituents is 1. The molecule has 0 saturated carbocycles. The molecule has 1 N–H and O–H groups in total. The van der Waals surface area contributed by atoms with E-state index >= 15 is 0 Å². The van der Waals surface area contributed by atoms with E-state index in [1.807, 2.05) is 18.2 Å².